The summed E-state index contributed by atoms with van der Waals surface area (Å²) < 4.78 is 0. The van der Waals surface area contributed by atoms with Crippen LogP contribution in [0, 0.1) is 0 Å². The van der Waals surface area contributed by atoms with Gasteiger partial charge in [-0.05, 0) is 44.9 Å². The SMILES string of the molecule is CCCCC/C=C\C/C=C\CCCCCCCC(=O)NC(CO)C(O)CCCCCCCCCCCCCCC. The lowest BCUT2D eigenvalue weighted by Gasteiger charge is -2.22. The molecule has 40 heavy (non-hydrogen) atoms. The first kappa shape index (κ1) is 38.9. The van der Waals surface area contributed by atoms with E-state index in [9.17, 15) is 15.0 Å². The lowest BCUT2D eigenvalue weighted by atomic mass is 10.0. The van der Waals surface area contributed by atoms with Gasteiger partial charge in [-0.15, -0.1) is 0 Å². The van der Waals surface area contributed by atoms with Crippen LogP contribution in [0.2, 0.25) is 0 Å². The molecule has 0 heterocycles. The van der Waals surface area contributed by atoms with E-state index >= 15 is 0 Å². The van der Waals surface area contributed by atoms with E-state index in [0.29, 0.717) is 12.8 Å². The second-order valence-electron chi connectivity index (χ2n) is 11.9. The van der Waals surface area contributed by atoms with Gasteiger partial charge in [0.05, 0.1) is 18.8 Å². The van der Waals surface area contributed by atoms with Crippen LogP contribution in [0.3, 0.4) is 0 Å². The van der Waals surface area contributed by atoms with Gasteiger partial charge in [-0.3, -0.25) is 4.79 Å². The summed E-state index contributed by atoms with van der Waals surface area (Å²) in [6.45, 7) is 4.31. The number of unbranched alkanes of at least 4 members (excludes halogenated alkanes) is 20. The number of rotatable bonds is 31. The maximum Gasteiger partial charge on any atom is 0.220 e. The molecule has 2 unspecified atom stereocenters. The Morgan fingerprint density at radius 1 is 0.600 bits per heavy atom. The van der Waals surface area contributed by atoms with E-state index in [1.54, 1.807) is 0 Å². The number of aliphatic hydroxyl groups is 2. The summed E-state index contributed by atoms with van der Waals surface area (Å²) in [6.07, 6.45) is 39.3. The Bertz CT molecular complexity index is 574. The minimum Gasteiger partial charge on any atom is -0.394 e. The van der Waals surface area contributed by atoms with Gasteiger partial charge in [-0.2, -0.15) is 0 Å². The molecule has 0 spiro atoms. The number of carbonyl (C=O) groups excluding carboxylic acids is 1. The van der Waals surface area contributed by atoms with Crippen molar-refractivity contribution in [1.29, 1.82) is 0 Å². The molecule has 0 saturated heterocycles. The van der Waals surface area contributed by atoms with E-state index in [2.05, 4.69) is 43.5 Å². The van der Waals surface area contributed by atoms with Gasteiger partial charge in [0.1, 0.15) is 0 Å². The van der Waals surface area contributed by atoms with Gasteiger partial charge >= 0.3 is 0 Å². The monoisotopic (exact) mass is 564 g/mol. The van der Waals surface area contributed by atoms with Crippen LogP contribution < -0.4 is 5.32 Å². The average molecular weight is 564 g/mol. The van der Waals surface area contributed by atoms with Crippen molar-refractivity contribution in [3.63, 3.8) is 0 Å². The van der Waals surface area contributed by atoms with Crippen molar-refractivity contribution in [3.05, 3.63) is 24.3 Å². The highest BCUT2D eigenvalue weighted by Crippen LogP contribution is 2.14. The number of aliphatic hydroxyl groups excluding tert-OH is 2. The molecule has 0 fully saturated rings. The van der Waals surface area contributed by atoms with Crippen molar-refractivity contribution in [1.82, 2.24) is 5.32 Å². The topological polar surface area (TPSA) is 69.6 Å². The van der Waals surface area contributed by atoms with Gasteiger partial charge in [0.25, 0.3) is 0 Å². The van der Waals surface area contributed by atoms with Crippen LogP contribution >= 0.6 is 0 Å². The molecule has 0 saturated carbocycles. The largest absolute Gasteiger partial charge is 0.394 e. The zero-order chi connectivity index (χ0) is 29.4. The van der Waals surface area contributed by atoms with Gasteiger partial charge in [0.2, 0.25) is 5.91 Å². The van der Waals surface area contributed by atoms with E-state index in [-0.39, 0.29) is 12.5 Å². The first-order valence-corrected chi connectivity index (χ1v) is 17.5. The molecule has 0 aromatic heterocycles. The fourth-order valence-corrected chi connectivity index (χ4v) is 5.21. The molecule has 1 amide bonds. The van der Waals surface area contributed by atoms with E-state index in [1.807, 2.05) is 0 Å². The van der Waals surface area contributed by atoms with Crippen molar-refractivity contribution < 1.29 is 15.0 Å². The zero-order valence-electron chi connectivity index (χ0n) is 26.9. The van der Waals surface area contributed by atoms with Gasteiger partial charge in [0.15, 0.2) is 0 Å². The zero-order valence-corrected chi connectivity index (χ0v) is 26.9. The molecule has 0 aromatic carbocycles. The molecular weight excluding hydrogens is 494 g/mol. The van der Waals surface area contributed by atoms with E-state index in [0.717, 1.165) is 44.9 Å². The van der Waals surface area contributed by atoms with Gasteiger partial charge in [0, 0.05) is 6.42 Å². The first-order chi connectivity index (χ1) is 19.7. The molecular formula is C36H69NO3. The highest BCUT2D eigenvalue weighted by Gasteiger charge is 2.19. The quantitative estimate of drug-likeness (QED) is 0.0580. The fourth-order valence-electron chi connectivity index (χ4n) is 5.21. The van der Waals surface area contributed by atoms with Gasteiger partial charge in [-0.1, -0.05) is 154 Å². The number of nitrogens with one attached hydrogen (secondary N) is 1. The standard InChI is InChI=1S/C36H69NO3/c1-3-5-7-9-11-13-15-17-18-20-22-24-26-28-30-32-36(40)37-34(33-38)35(39)31-29-27-25-23-21-19-16-14-12-10-8-6-4-2/h11,13,17-18,34-35,38-39H,3-10,12,14-16,19-33H2,1-2H3,(H,37,40)/b13-11-,18-17-. The maximum atomic E-state index is 12.3. The Hall–Kier alpha value is -1.13. The number of hydrogen-bond acceptors (Lipinski definition) is 3. The Morgan fingerprint density at radius 3 is 1.55 bits per heavy atom. The predicted molar refractivity (Wildman–Crippen MR) is 175 cm³/mol. The number of allylic oxidation sites excluding steroid dienone is 4. The van der Waals surface area contributed by atoms with E-state index in [4.69, 9.17) is 0 Å². The normalized spacial score (nSPS) is 13.4. The molecule has 0 rings (SSSR count). The summed E-state index contributed by atoms with van der Waals surface area (Å²) in [7, 11) is 0. The van der Waals surface area contributed by atoms with Crippen LogP contribution in [0.1, 0.15) is 181 Å². The second kappa shape index (κ2) is 32.4. The average Bonchev–Trinajstić information content (AvgIpc) is 2.96. The first-order valence-electron chi connectivity index (χ1n) is 17.5. The summed E-state index contributed by atoms with van der Waals surface area (Å²) in [5.41, 5.74) is 0. The molecule has 4 heteroatoms. The number of carbonyl (C=O) groups is 1. The van der Waals surface area contributed by atoms with Crippen LogP contribution in [0.5, 0.6) is 0 Å². The highest BCUT2D eigenvalue weighted by molar-refractivity contribution is 5.76. The molecule has 4 nitrogen and oxygen atoms in total. The van der Waals surface area contributed by atoms with E-state index < -0.39 is 12.1 Å². The van der Waals surface area contributed by atoms with Crippen LogP contribution in [-0.2, 0) is 4.79 Å². The predicted octanol–water partition coefficient (Wildman–Crippen LogP) is 10.1. The molecule has 2 atom stereocenters. The lowest BCUT2D eigenvalue weighted by Crippen LogP contribution is -2.45. The third-order valence-corrected chi connectivity index (χ3v) is 7.97. The molecule has 0 aliphatic heterocycles. The Morgan fingerprint density at radius 2 is 1.02 bits per heavy atom. The summed E-state index contributed by atoms with van der Waals surface area (Å²) in [5, 5.41) is 23.0. The lowest BCUT2D eigenvalue weighted by molar-refractivity contribution is -0.123. The second-order valence-corrected chi connectivity index (χ2v) is 11.9. The van der Waals surface area contributed by atoms with Crippen molar-refractivity contribution >= 4 is 5.91 Å². The Balaban J connectivity index is 3.61. The van der Waals surface area contributed by atoms with Crippen molar-refractivity contribution in [2.75, 3.05) is 6.61 Å². The van der Waals surface area contributed by atoms with Gasteiger partial charge < -0.3 is 15.5 Å². The van der Waals surface area contributed by atoms with Crippen LogP contribution in [0.15, 0.2) is 24.3 Å². The minimum atomic E-state index is -0.661. The fraction of sp³-hybridized carbons (Fsp3) is 0.861. The summed E-state index contributed by atoms with van der Waals surface area (Å²) >= 11 is 0. The van der Waals surface area contributed by atoms with Gasteiger partial charge in [-0.25, -0.2) is 0 Å². The minimum absolute atomic E-state index is 0.0471. The molecule has 3 N–H and O–H groups in total. The van der Waals surface area contributed by atoms with E-state index in [1.165, 1.54) is 109 Å². The summed E-state index contributed by atoms with van der Waals surface area (Å²) in [4.78, 5) is 12.3. The van der Waals surface area contributed by atoms with Crippen LogP contribution in [0.25, 0.3) is 0 Å². The van der Waals surface area contributed by atoms with Crippen molar-refractivity contribution in [2.24, 2.45) is 0 Å². The van der Waals surface area contributed by atoms with Crippen molar-refractivity contribution in [2.45, 2.75) is 193 Å². The van der Waals surface area contributed by atoms with Crippen LogP contribution in [0.4, 0.5) is 0 Å². The number of hydrogen-bond donors (Lipinski definition) is 3. The summed E-state index contributed by atoms with van der Waals surface area (Å²) in [6, 6.07) is -0.539. The number of amides is 1. The molecule has 236 valence electrons. The van der Waals surface area contributed by atoms with Crippen LogP contribution in [-0.4, -0.2) is 34.9 Å². The third-order valence-electron chi connectivity index (χ3n) is 7.97. The van der Waals surface area contributed by atoms with Crippen molar-refractivity contribution in [3.8, 4) is 0 Å². The molecule has 0 radical (unpaired) electrons. The highest BCUT2D eigenvalue weighted by atomic mass is 16.3. The molecule has 0 aliphatic rings. The third kappa shape index (κ3) is 28.4. The Kier molecular flexibility index (Phi) is 31.5. The molecule has 0 aromatic rings. The summed E-state index contributed by atoms with van der Waals surface area (Å²) in [5.74, 6) is -0.0471. The molecule has 0 bridgehead atoms. The molecule has 0 aliphatic carbocycles. The smallest absolute Gasteiger partial charge is 0.220 e. The maximum absolute atomic E-state index is 12.3. The Labute approximate surface area is 249 Å².